The van der Waals surface area contributed by atoms with Gasteiger partial charge in [0.2, 0.25) is 11.8 Å². The van der Waals surface area contributed by atoms with Crippen LogP contribution in [0.5, 0.6) is 0 Å². The van der Waals surface area contributed by atoms with E-state index in [4.69, 9.17) is 0 Å². The van der Waals surface area contributed by atoms with Gasteiger partial charge >= 0.3 is 0 Å². The van der Waals surface area contributed by atoms with Crippen LogP contribution in [0, 0.1) is 0 Å². The Hall–Kier alpha value is -1.10. The van der Waals surface area contributed by atoms with Crippen LogP contribution in [-0.2, 0) is 9.59 Å². The molecule has 0 bridgehead atoms. The molecule has 0 aromatic rings. The lowest BCUT2D eigenvalue weighted by Gasteiger charge is -2.26. The molecule has 19 heavy (non-hydrogen) atoms. The minimum Gasteiger partial charge on any atom is -0.353 e. The van der Waals surface area contributed by atoms with Crippen molar-refractivity contribution in [2.45, 2.75) is 51.6 Å². The second-order valence-electron chi connectivity index (χ2n) is 5.62. The molecule has 0 radical (unpaired) electrons. The molecule has 0 spiro atoms. The SMILES string of the molecule is CCC[C@H](C)NC(=O)CN1CCC[C@@H]1C(=O)N(C)C. The van der Waals surface area contributed by atoms with E-state index >= 15 is 0 Å². The lowest BCUT2D eigenvalue weighted by molar-refractivity contribution is -0.134. The normalized spacial score (nSPS) is 21.2. The summed E-state index contributed by atoms with van der Waals surface area (Å²) in [7, 11) is 3.53. The Balaban J connectivity index is 2.46. The summed E-state index contributed by atoms with van der Waals surface area (Å²) in [5.41, 5.74) is 0. The molecule has 110 valence electrons. The average molecular weight is 269 g/mol. The molecule has 1 rings (SSSR count). The molecule has 1 saturated heterocycles. The number of carbonyl (C=O) groups excluding carboxylic acids is 2. The van der Waals surface area contributed by atoms with Gasteiger partial charge in [-0.1, -0.05) is 13.3 Å². The Bertz CT molecular complexity index is 318. The molecule has 1 heterocycles. The summed E-state index contributed by atoms with van der Waals surface area (Å²) in [5, 5.41) is 2.99. The van der Waals surface area contributed by atoms with Crippen LogP contribution in [0.4, 0.5) is 0 Å². The first-order valence-corrected chi connectivity index (χ1v) is 7.20. The van der Waals surface area contributed by atoms with E-state index in [9.17, 15) is 9.59 Å². The lowest BCUT2D eigenvalue weighted by Crippen LogP contribution is -2.47. The molecule has 1 aliphatic heterocycles. The zero-order valence-corrected chi connectivity index (χ0v) is 12.6. The van der Waals surface area contributed by atoms with Crippen LogP contribution in [0.25, 0.3) is 0 Å². The first kappa shape index (κ1) is 16.0. The van der Waals surface area contributed by atoms with Crippen LogP contribution < -0.4 is 5.32 Å². The minimum absolute atomic E-state index is 0.0272. The van der Waals surface area contributed by atoms with E-state index in [2.05, 4.69) is 12.2 Å². The van der Waals surface area contributed by atoms with Crippen molar-refractivity contribution in [3.8, 4) is 0 Å². The fourth-order valence-electron chi connectivity index (χ4n) is 2.60. The quantitative estimate of drug-likeness (QED) is 0.777. The van der Waals surface area contributed by atoms with Crippen LogP contribution in [0.1, 0.15) is 39.5 Å². The van der Waals surface area contributed by atoms with E-state index in [1.54, 1.807) is 19.0 Å². The van der Waals surface area contributed by atoms with Crippen LogP contribution in [0.2, 0.25) is 0 Å². The number of amides is 2. The summed E-state index contributed by atoms with van der Waals surface area (Å²) in [6, 6.07) is 0.0883. The van der Waals surface area contributed by atoms with Gasteiger partial charge in [-0.25, -0.2) is 0 Å². The van der Waals surface area contributed by atoms with Gasteiger partial charge in [-0.15, -0.1) is 0 Å². The average Bonchev–Trinajstić information content (AvgIpc) is 2.75. The monoisotopic (exact) mass is 269 g/mol. The first-order chi connectivity index (χ1) is 8.95. The van der Waals surface area contributed by atoms with Crippen molar-refractivity contribution in [1.29, 1.82) is 0 Å². The highest BCUT2D eigenvalue weighted by molar-refractivity contribution is 5.83. The molecular formula is C14H27N3O2. The van der Waals surface area contributed by atoms with Crippen molar-refractivity contribution >= 4 is 11.8 Å². The summed E-state index contributed by atoms with van der Waals surface area (Å²) >= 11 is 0. The number of rotatable bonds is 6. The number of likely N-dealkylation sites (tertiary alicyclic amines) is 1. The third-order valence-corrected chi connectivity index (χ3v) is 3.57. The second-order valence-corrected chi connectivity index (χ2v) is 5.62. The van der Waals surface area contributed by atoms with Crippen molar-refractivity contribution in [3.05, 3.63) is 0 Å². The summed E-state index contributed by atoms with van der Waals surface area (Å²) < 4.78 is 0. The molecule has 0 aliphatic carbocycles. The number of likely N-dealkylation sites (N-methyl/N-ethyl adjacent to an activating group) is 1. The Morgan fingerprint density at radius 3 is 2.68 bits per heavy atom. The molecule has 5 nitrogen and oxygen atoms in total. The highest BCUT2D eigenvalue weighted by Gasteiger charge is 2.32. The third kappa shape index (κ3) is 4.82. The molecule has 5 heteroatoms. The molecule has 0 aromatic carbocycles. The van der Waals surface area contributed by atoms with E-state index in [0.717, 1.165) is 32.2 Å². The van der Waals surface area contributed by atoms with Crippen molar-refractivity contribution in [2.24, 2.45) is 0 Å². The van der Waals surface area contributed by atoms with E-state index in [1.807, 2.05) is 11.8 Å². The standard InChI is InChI=1S/C14H27N3O2/c1-5-7-11(2)15-13(18)10-17-9-6-8-12(17)14(19)16(3)4/h11-12H,5-10H2,1-4H3,(H,15,18)/t11-,12+/m0/s1. The van der Waals surface area contributed by atoms with Crippen molar-refractivity contribution in [2.75, 3.05) is 27.2 Å². The molecule has 1 N–H and O–H groups in total. The molecular weight excluding hydrogens is 242 g/mol. The van der Waals surface area contributed by atoms with E-state index in [0.29, 0.717) is 6.54 Å². The van der Waals surface area contributed by atoms with E-state index in [1.165, 1.54) is 0 Å². The van der Waals surface area contributed by atoms with E-state index in [-0.39, 0.29) is 23.9 Å². The van der Waals surface area contributed by atoms with Crippen LogP contribution in [0.3, 0.4) is 0 Å². The number of carbonyl (C=O) groups is 2. The van der Waals surface area contributed by atoms with Crippen molar-refractivity contribution in [3.63, 3.8) is 0 Å². The smallest absolute Gasteiger partial charge is 0.239 e. The minimum atomic E-state index is -0.123. The van der Waals surface area contributed by atoms with E-state index < -0.39 is 0 Å². The summed E-state index contributed by atoms with van der Waals surface area (Å²) in [6.45, 7) is 5.29. The van der Waals surface area contributed by atoms with Crippen molar-refractivity contribution < 1.29 is 9.59 Å². The van der Waals surface area contributed by atoms with Gasteiger partial charge in [0, 0.05) is 20.1 Å². The highest BCUT2D eigenvalue weighted by Crippen LogP contribution is 2.18. The molecule has 2 amide bonds. The molecule has 0 saturated carbocycles. The molecule has 1 aliphatic rings. The Morgan fingerprint density at radius 1 is 1.42 bits per heavy atom. The summed E-state index contributed by atoms with van der Waals surface area (Å²) in [5.74, 6) is 0.131. The Morgan fingerprint density at radius 2 is 2.11 bits per heavy atom. The summed E-state index contributed by atoms with van der Waals surface area (Å²) in [4.78, 5) is 27.6. The van der Waals surface area contributed by atoms with Gasteiger partial charge in [0.15, 0.2) is 0 Å². The number of nitrogens with one attached hydrogen (secondary N) is 1. The predicted molar refractivity (Wildman–Crippen MR) is 75.8 cm³/mol. The van der Waals surface area contributed by atoms with Crippen LogP contribution in [0.15, 0.2) is 0 Å². The third-order valence-electron chi connectivity index (χ3n) is 3.57. The van der Waals surface area contributed by atoms with Crippen molar-refractivity contribution in [1.82, 2.24) is 15.1 Å². The van der Waals surface area contributed by atoms with Gasteiger partial charge in [-0.05, 0) is 32.7 Å². The molecule has 0 aromatic heterocycles. The van der Waals surface area contributed by atoms with Gasteiger partial charge in [-0.3, -0.25) is 14.5 Å². The topological polar surface area (TPSA) is 52.7 Å². The number of hydrogen-bond acceptors (Lipinski definition) is 3. The largest absolute Gasteiger partial charge is 0.353 e. The fraction of sp³-hybridized carbons (Fsp3) is 0.857. The molecule has 1 fully saturated rings. The maximum atomic E-state index is 12.0. The zero-order valence-electron chi connectivity index (χ0n) is 12.6. The van der Waals surface area contributed by atoms with Gasteiger partial charge in [0.05, 0.1) is 12.6 Å². The molecule has 2 atom stereocenters. The molecule has 0 unspecified atom stereocenters. The highest BCUT2D eigenvalue weighted by atomic mass is 16.2. The number of nitrogens with zero attached hydrogens (tertiary/aromatic N) is 2. The maximum Gasteiger partial charge on any atom is 0.239 e. The number of hydrogen-bond donors (Lipinski definition) is 1. The predicted octanol–water partition coefficient (Wildman–Crippen LogP) is 0.844. The van der Waals surface area contributed by atoms with Gasteiger partial charge < -0.3 is 10.2 Å². The summed E-state index contributed by atoms with van der Waals surface area (Å²) in [6.07, 6.45) is 3.90. The fourth-order valence-corrected chi connectivity index (χ4v) is 2.60. The lowest BCUT2D eigenvalue weighted by atomic mass is 10.2. The van der Waals surface area contributed by atoms with Crippen LogP contribution in [-0.4, -0.2) is 60.9 Å². The van der Waals surface area contributed by atoms with Gasteiger partial charge in [0.25, 0.3) is 0 Å². The van der Waals surface area contributed by atoms with Gasteiger partial charge in [0.1, 0.15) is 0 Å². The van der Waals surface area contributed by atoms with Gasteiger partial charge in [-0.2, -0.15) is 0 Å². The second kappa shape index (κ2) is 7.48. The Labute approximate surface area is 116 Å². The van der Waals surface area contributed by atoms with Crippen LogP contribution >= 0.6 is 0 Å². The Kier molecular flexibility index (Phi) is 6.28. The first-order valence-electron chi connectivity index (χ1n) is 7.20. The zero-order chi connectivity index (χ0) is 14.4. The maximum absolute atomic E-state index is 12.0.